The highest BCUT2D eigenvalue weighted by atomic mass is 79.9. The summed E-state index contributed by atoms with van der Waals surface area (Å²) in [6.07, 6.45) is 0. The van der Waals surface area contributed by atoms with Crippen LogP contribution in [0.25, 0.3) is 22.0 Å². The Balaban J connectivity index is 2.08. The van der Waals surface area contributed by atoms with E-state index in [0.717, 1.165) is 31.9 Å². The minimum absolute atomic E-state index is 0.624. The Bertz CT molecular complexity index is 809. The highest BCUT2D eigenvalue weighted by molar-refractivity contribution is 9.10. The fourth-order valence-electron chi connectivity index (χ4n) is 2.55. The number of fused-ring (bicyclic) bond motifs is 5. The van der Waals surface area contributed by atoms with E-state index in [2.05, 4.69) is 45.2 Å². The van der Waals surface area contributed by atoms with Crippen molar-refractivity contribution in [3.8, 4) is 17.0 Å². The molecule has 1 aliphatic rings. The van der Waals surface area contributed by atoms with E-state index in [1.807, 2.05) is 13.0 Å². The molecule has 0 aliphatic carbocycles. The Hall–Kier alpha value is -1.39. The summed E-state index contributed by atoms with van der Waals surface area (Å²) in [5, 5.41) is 3.41. The zero-order valence-electron chi connectivity index (χ0n) is 10.2. The first kappa shape index (κ1) is 11.4. The summed E-state index contributed by atoms with van der Waals surface area (Å²) in [6.45, 7) is 2.67. The highest BCUT2D eigenvalue weighted by Gasteiger charge is 2.23. The molecule has 0 fully saturated rings. The van der Waals surface area contributed by atoms with Crippen molar-refractivity contribution in [2.75, 3.05) is 0 Å². The lowest BCUT2D eigenvalue weighted by molar-refractivity contribution is 0.309. The third-order valence-corrected chi connectivity index (χ3v) is 5.00. The number of hydrogen-bond donors (Lipinski definition) is 0. The van der Waals surface area contributed by atoms with Crippen LogP contribution in [-0.4, -0.2) is 4.98 Å². The van der Waals surface area contributed by atoms with Gasteiger partial charge in [0.25, 0.3) is 0 Å². The Morgan fingerprint density at radius 2 is 2.11 bits per heavy atom. The van der Waals surface area contributed by atoms with Crippen LogP contribution in [-0.2, 0) is 6.61 Å². The van der Waals surface area contributed by atoms with Crippen molar-refractivity contribution in [1.29, 1.82) is 0 Å². The van der Waals surface area contributed by atoms with Crippen LogP contribution >= 0.6 is 27.3 Å². The molecule has 0 atom stereocenters. The van der Waals surface area contributed by atoms with Gasteiger partial charge in [0, 0.05) is 15.4 Å². The number of aromatic nitrogens is 1. The van der Waals surface area contributed by atoms with Crippen LogP contribution in [0.3, 0.4) is 0 Å². The molecule has 0 saturated heterocycles. The maximum Gasteiger partial charge on any atom is 0.137 e. The van der Waals surface area contributed by atoms with Gasteiger partial charge in [-0.15, -0.1) is 11.3 Å². The van der Waals surface area contributed by atoms with Crippen LogP contribution in [0.1, 0.15) is 9.88 Å². The summed E-state index contributed by atoms with van der Waals surface area (Å²) in [5.74, 6) is 0.955. The predicted molar refractivity (Wildman–Crippen MR) is 81.8 cm³/mol. The van der Waals surface area contributed by atoms with Gasteiger partial charge in [0.05, 0.1) is 15.6 Å². The maximum atomic E-state index is 5.98. The molecule has 4 heteroatoms. The second-order valence-corrected chi connectivity index (χ2v) is 6.71. The van der Waals surface area contributed by atoms with Crippen molar-refractivity contribution in [2.24, 2.45) is 0 Å². The van der Waals surface area contributed by atoms with Crippen molar-refractivity contribution in [2.45, 2.75) is 13.5 Å². The fourth-order valence-corrected chi connectivity index (χ4v) is 3.91. The molecular formula is C15H10BrNOS. The first-order chi connectivity index (χ1) is 9.24. The zero-order chi connectivity index (χ0) is 13.0. The Morgan fingerprint density at radius 1 is 1.21 bits per heavy atom. The van der Waals surface area contributed by atoms with Crippen LogP contribution in [0.5, 0.6) is 5.75 Å². The van der Waals surface area contributed by atoms with Gasteiger partial charge in [-0.1, -0.05) is 34.1 Å². The minimum Gasteiger partial charge on any atom is -0.487 e. The van der Waals surface area contributed by atoms with E-state index in [-0.39, 0.29) is 0 Å². The molecule has 4 rings (SSSR count). The molecule has 3 aromatic rings. The first-order valence-corrected chi connectivity index (χ1v) is 7.65. The predicted octanol–water partition coefficient (Wildman–Crippen LogP) is 4.93. The smallest absolute Gasteiger partial charge is 0.137 e. The van der Waals surface area contributed by atoms with Crippen LogP contribution in [0.15, 0.2) is 34.8 Å². The van der Waals surface area contributed by atoms with Gasteiger partial charge in [0.2, 0.25) is 0 Å². The maximum absolute atomic E-state index is 5.98. The van der Waals surface area contributed by atoms with E-state index in [0.29, 0.717) is 6.61 Å². The molecule has 2 heterocycles. The minimum atomic E-state index is 0.624. The largest absolute Gasteiger partial charge is 0.487 e. The van der Waals surface area contributed by atoms with Crippen LogP contribution in [0.2, 0.25) is 0 Å². The molecule has 0 bridgehead atoms. The Labute approximate surface area is 123 Å². The zero-order valence-corrected chi connectivity index (χ0v) is 12.6. The van der Waals surface area contributed by atoms with Crippen molar-refractivity contribution >= 4 is 38.0 Å². The van der Waals surface area contributed by atoms with E-state index < -0.39 is 0 Å². The van der Waals surface area contributed by atoms with Gasteiger partial charge in [-0.2, -0.15) is 0 Å². The Kier molecular flexibility index (Phi) is 2.44. The molecule has 0 spiro atoms. The summed E-state index contributed by atoms with van der Waals surface area (Å²) in [6, 6.07) is 10.4. The fraction of sp³-hybridized carbons (Fsp3) is 0.133. The first-order valence-electron chi connectivity index (χ1n) is 6.05. The van der Waals surface area contributed by atoms with E-state index in [9.17, 15) is 0 Å². The summed E-state index contributed by atoms with van der Waals surface area (Å²) in [7, 11) is 0. The lowest BCUT2D eigenvalue weighted by atomic mass is 10.0. The third-order valence-electron chi connectivity index (χ3n) is 3.37. The monoisotopic (exact) mass is 331 g/mol. The topological polar surface area (TPSA) is 22.1 Å². The Morgan fingerprint density at radius 3 is 3.00 bits per heavy atom. The molecule has 0 amide bonds. The number of halogens is 1. The number of benzene rings is 2. The number of nitrogens with zero attached hydrogens (tertiary/aromatic N) is 1. The van der Waals surface area contributed by atoms with Crippen molar-refractivity contribution < 1.29 is 4.74 Å². The summed E-state index contributed by atoms with van der Waals surface area (Å²) in [5.41, 5.74) is 2.20. The van der Waals surface area contributed by atoms with E-state index in [4.69, 9.17) is 4.74 Å². The lowest BCUT2D eigenvalue weighted by Gasteiger charge is -2.18. The van der Waals surface area contributed by atoms with E-state index in [1.165, 1.54) is 10.3 Å². The molecule has 19 heavy (non-hydrogen) atoms. The van der Waals surface area contributed by atoms with Gasteiger partial charge in [0.1, 0.15) is 12.4 Å². The summed E-state index contributed by atoms with van der Waals surface area (Å²) in [4.78, 5) is 5.87. The van der Waals surface area contributed by atoms with Gasteiger partial charge in [0.15, 0.2) is 0 Å². The molecule has 1 aromatic heterocycles. The number of hydrogen-bond acceptors (Lipinski definition) is 3. The van der Waals surface area contributed by atoms with Crippen LogP contribution in [0.4, 0.5) is 0 Å². The quantitative estimate of drug-likeness (QED) is 0.582. The number of rotatable bonds is 0. The molecule has 0 radical (unpaired) electrons. The summed E-state index contributed by atoms with van der Waals surface area (Å²) < 4.78 is 7.08. The molecule has 0 saturated carbocycles. The van der Waals surface area contributed by atoms with Gasteiger partial charge < -0.3 is 4.74 Å². The average molecular weight is 332 g/mol. The molecule has 0 N–H and O–H groups in total. The van der Waals surface area contributed by atoms with Crippen molar-refractivity contribution in [3.05, 3.63) is 44.7 Å². The van der Waals surface area contributed by atoms with Crippen molar-refractivity contribution in [3.63, 3.8) is 0 Å². The normalized spacial score (nSPS) is 12.9. The standard InChI is InChI=1S/C15H10BrNOS/c1-8-17-14-11-6-5-9-10(3-2-4-12(9)16)15(11)18-7-13(14)19-8/h2-6H,7H2,1H3. The average Bonchev–Trinajstić information content (AvgIpc) is 2.79. The van der Waals surface area contributed by atoms with Crippen LogP contribution < -0.4 is 4.74 Å². The molecule has 94 valence electrons. The SMILES string of the molecule is Cc1nc2c(s1)COc1c-2ccc2c(Br)cccc12. The second kappa shape index (κ2) is 4.05. The van der Waals surface area contributed by atoms with Crippen LogP contribution in [0, 0.1) is 6.92 Å². The summed E-state index contributed by atoms with van der Waals surface area (Å²) >= 11 is 5.31. The number of aryl methyl sites for hydroxylation is 1. The molecular weight excluding hydrogens is 322 g/mol. The molecule has 2 aromatic carbocycles. The molecule has 2 nitrogen and oxygen atoms in total. The van der Waals surface area contributed by atoms with Gasteiger partial charge in [-0.3, -0.25) is 0 Å². The van der Waals surface area contributed by atoms with Crippen molar-refractivity contribution in [1.82, 2.24) is 4.98 Å². The van der Waals surface area contributed by atoms with E-state index >= 15 is 0 Å². The highest BCUT2D eigenvalue weighted by Crippen LogP contribution is 2.44. The van der Waals surface area contributed by atoms with Gasteiger partial charge in [-0.25, -0.2) is 4.98 Å². The molecule has 1 aliphatic heterocycles. The second-order valence-electron chi connectivity index (χ2n) is 4.57. The number of ether oxygens (including phenoxy) is 1. The number of thiazole rings is 1. The van der Waals surface area contributed by atoms with Gasteiger partial charge in [-0.05, 0) is 24.4 Å². The lowest BCUT2D eigenvalue weighted by Crippen LogP contribution is -2.03. The third kappa shape index (κ3) is 1.63. The molecule has 0 unspecified atom stereocenters. The van der Waals surface area contributed by atoms with Gasteiger partial charge >= 0.3 is 0 Å². The van der Waals surface area contributed by atoms with E-state index in [1.54, 1.807) is 11.3 Å².